The Morgan fingerprint density at radius 1 is 0.512 bits per heavy atom. The zero-order chi connectivity index (χ0) is 31.7. The Kier molecular flexibility index (Phi) is 17.3. The third-order valence-electron chi connectivity index (χ3n) is 8.15. The molecule has 0 aliphatic rings. The van der Waals surface area contributed by atoms with E-state index in [-0.39, 0.29) is 0 Å². The van der Waals surface area contributed by atoms with Gasteiger partial charge >= 0.3 is 234 Å². The van der Waals surface area contributed by atoms with Crippen molar-refractivity contribution in [2.45, 2.75) is 114 Å². The molecule has 0 bridgehead atoms. The summed E-state index contributed by atoms with van der Waals surface area (Å²) in [7, 11) is 0. The number of hydrogen-bond acceptors (Lipinski definition) is 2. The van der Waals surface area contributed by atoms with Crippen LogP contribution < -0.4 is 7.79 Å². The summed E-state index contributed by atoms with van der Waals surface area (Å²) in [5.41, 5.74) is 7.50. The standard InChI is InChI=1S/C24H20NS.3C4H9.2C2H6.Sn/c1-18-5-11-21(12-6-18)25(22-13-7-19(2)8-14-22)23-15-9-20(10-16-23)24-4-3-17-26-24;3*1-3-4-2;2*1-2;/h3-16H,1-2H3;3*1,3-4H2,2H3;2*1-2H3;. The molecule has 234 valence electrons. The van der Waals surface area contributed by atoms with E-state index >= 15 is 0 Å². The van der Waals surface area contributed by atoms with E-state index in [1.807, 2.05) is 30.6 Å². The molecule has 1 nitrogen and oxygen atoms in total. The molecule has 0 aliphatic carbocycles. The number of rotatable bonds is 14. The Labute approximate surface area is 273 Å². The van der Waals surface area contributed by atoms with Gasteiger partial charge in [-0.05, 0) is 13.8 Å². The molecule has 0 amide bonds. The van der Waals surface area contributed by atoms with Gasteiger partial charge in [-0.1, -0.05) is 27.7 Å². The molecule has 0 spiro atoms. The van der Waals surface area contributed by atoms with Crippen molar-refractivity contribution in [2.75, 3.05) is 4.90 Å². The van der Waals surface area contributed by atoms with Gasteiger partial charge in [-0.2, -0.15) is 0 Å². The van der Waals surface area contributed by atoms with Gasteiger partial charge in [0.1, 0.15) is 0 Å². The van der Waals surface area contributed by atoms with Gasteiger partial charge in [0, 0.05) is 0 Å². The Hall–Kier alpha value is -2.04. The van der Waals surface area contributed by atoms with Crippen molar-refractivity contribution >= 4 is 49.7 Å². The van der Waals surface area contributed by atoms with Gasteiger partial charge in [0.15, 0.2) is 0 Å². The predicted octanol–water partition coefficient (Wildman–Crippen LogP) is 13.6. The van der Waals surface area contributed by atoms with Crippen LogP contribution in [0.5, 0.6) is 0 Å². The second kappa shape index (κ2) is 20.1. The summed E-state index contributed by atoms with van der Waals surface area (Å²) in [5, 5.41) is 0. The van der Waals surface area contributed by atoms with Gasteiger partial charge in [0.05, 0.1) is 0 Å². The van der Waals surface area contributed by atoms with Gasteiger partial charge in [0.25, 0.3) is 0 Å². The summed E-state index contributed by atoms with van der Waals surface area (Å²) in [6.45, 7) is 19.4. The fourth-order valence-electron chi connectivity index (χ4n) is 5.68. The van der Waals surface area contributed by atoms with Crippen LogP contribution in [-0.4, -0.2) is 18.4 Å². The fourth-order valence-corrected chi connectivity index (χ4v) is 25.8. The minimum atomic E-state index is -2.39. The Morgan fingerprint density at radius 3 is 1.26 bits per heavy atom. The first kappa shape index (κ1) is 37.1. The molecule has 0 fully saturated rings. The molecule has 0 N–H and O–H groups in total. The van der Waals surface area contributed by atoms with Gasteiger partial charge in [-0.3, -0.25) is 0 Å². The van der Waals surface area contributed by atoms with Crippen LogP contribution in [-0.2, 0) is 0 Å². The van der Waals surface area contributed by atoms with Gasteiger partial charge < -0.3 is 0 Å². The maximum atomic E-state index is 2.55. The molecule has 0 atom stereocenters. The van der Waals surface area contributed by atoms with Gasteiger partial charge in [-0.15, -0.1) is 0 Å². The first-order valence-electron chi connectivity index (χ1n) is 17.1. The van der Waals surface area contributed by atoms with Gasteiger partial charge in [-0.25, -0.2) is 0 Å². The van der Waals surface area contributed by atoms with Crippen LogP contribution in [0.25, 0.3) is 10.4 Å². The first-order valence-corrected chi connectivity index (χ1v) is 25.4. The van der Waals surface area contributed by atoms with Crippen molar-refractivity contribution in [3.8, 4) is 10.4 Å². The molecule has 0 unspecified atom stereocenters. The molecule has 3 heteroatoms. The quantitative estimate of drug-likeness (QED) is 0.118. The van der Waals surface area contributed by atoms with E-state index < -0.39 is 18.4 Å². The summed E-state index contributed by atoms with van der Waals surface area (Å²) in [5.74, 6) is 0. The maximum absolute atomic E-state index is 2.55. The van der Waals surface area contributed by atoms with Crippen molar-refractivity contribution in [1.82, 2.24) is 0 Å². The zero-order valence-electron chi connectivity index (χ0n) is 28.8. The average Bonchev–Trinajstić information content (AvgIpc) is 3.56. The number of anilines is 3. The molecule has 3 aromatic carbocycles. The molecule has 0 aliphatic heterocycles. The number of benzene rings is 3. The number of aryl methyl sites for hydroxylation is 2. The Balaban J connectivity index is 0.00000155. The second-order valence-corrected chi connectivity index (χ2v) is 26.6. The van der Waals surface area contributed by atoms with E-state index in [0.29, 0.717) is 0 Å². The predicted molar refractivity (Wildman–Crippen MR) is 201 cm³/mol. The van der Waals surface area contributed by atoms with E-state index in [1.165, 1.54) is 90.5 Å². The summed E-state index contributed by atoms with van der Waals surface area (Å²) in [6, 6.07) is 32.0. The Morgan fingerprint density at radius 2 is 0.884 bits per heavy atom. The van der Waals surface area contributed by atoms with Crippen LogP contribution >= 0.6 is 11.3 Å². The fraction of sp³-hybridized carbons (Fsp3) is 0.450. The number of hydrogen-bond donors (Lipinski definition) is 0. The van der Waals surface area contributed by atoms with Crippen molar-refractivity contribution in [3.05, 3.63) is 96.1 Å². The van der Waals surface area contributed by atoms with E-state index in [4.69, 9.17) is 0 Å². The van der Waals surface area contributed by atoms with Crippen LogP contribution in [0.15, 0.2) is 84.9 Å². The first-order chi connectivity index (χ1) is 21.0. The monoisotopic (exact) mass is 705 g/mol. The van der Waals surface area contributed by atoms with E-state index in [1.54, 1.807) is 0 Å². The van der Waals surface area contributed by atoms with Crippen molar-refractivity contribution < 1.29 is 0 Å². The van der Waals surface area contributed by atoms with E-state index in [2.05, 4.69) is 136 Å². The zero-order valence-corrected chi connectivity index (χ0v) is 32.5. The van der Waals surface area contributed by atoms with Crippen molar-refractivity contribution in [1.29, 1.82) is 0 Å². The van der Waals surface area contributed by atoms with E-state index in [9.17, 15) is 0 Å². The third kappa shape index (κ3) is 10.5. The minimum absolute atomic E-state index is 1.19. The third-order valence-corrected chi connectivity index (χ3v) is 27.6. The van der Waals surface area contributed by atoms with Crippen LogP contribution in [0.1, 0.15) is 98.1 Å². The molecule has 1 heterocycles. The number of thiophene rings is 1. The normalized spacial score (nSPS) is 10.8. The molecule has 4 rings (SSSR count). The average molecular weight is 705 g/mol. The number of unbranched alkanes of at least 4 members (excludes halogenated alkanes) is 3. The molecular weight excluding hydrogens is 645 g/mol. The van der Waals surface area contributed by atoms with Crippen molar-refractivity contribution in [3.63, 3.8) is 0 Å². The van der Waals surface area contributed by atoms with Crippen LogP contribution in [0, 0.1) is 13.8 Å². The van der Waals surface area contributed by atoms with Gasteiger partial charge in [0.2, 0.25) is 0 Å². The second-order valence-electron chi connectivity index (χ2n) is 11.3. The van der Waals surface area contributed by atoms with Crippen LogP contribution in [0.4, 0.5) is 17.1 Å². The summed E-state index contributed by atoms with van der Waals surface area (Å²) in [6.07, 6.45) is 8.23. The van der Waals surface area contributed by atoms with E-state index in [0.717, 1.165) is 0 Å². The SMILES string of the molecule is CC.CC.CCC[CH2][Sn]([CH2]CCC)([CH2]CCC)[c]1ccc(-c2ccc(N(c3ccc(C)cc3)c3ccc(C)cc3)cc2)s1. The number of nitrogens with zero attached hydrogens (tertiary/aromatic N) is 1. The molecule has 0 radical (unpaired) electrons. The Bertz CT molecular complexity index is 1200. The van der Waals surface area contributed by atoms with Crippen LogP contribution in [0.2, 0.25) is 13.3 Å². The molecule has 1 aromatic heterocycles. The molecule has 4 aromatic rings. The molecule has 0 saturated heterocycles. The van der Waals surface area contributed by atoms with Crippen molar-refractivity contribution in [2.24, 2.45) is 0 Å². The topological polar surface area (TPSA) is 3.24 Å². The van der Waals surface area contributed by atoms with Crippen LogP contribution in [0.3, 0.4) is 0 Å². The molecule has 0 saturated carbocycles. The summed E-state index contributed by atoms with van der Waals surface area (Å²) < 4.78 is 6.42. The summed E-state index contributed by atoms with van der Waals surface area (Å²) in [4.78, 5) is 3.81. The summed E-state index contributed by atoms with van der Waals surface area (Å²) >= 11 is -0.254. The molecular formula is C40H59NSSn. The molecule has 43 heavy (non-hydrogen) atoms.